The van der Waals surface area contributed by atoms with Crippen LogP contribution in [0.2, 0.25) is 0 Å². The number of hydrogen-bond acceptors (Lipinski definition) is 6. The standard InChI is InChI=1S/3C2H7N2.Ag.Cu.Mo.Zn/c3*3-1-2-4;;;;/h3*1H,2-4H2;;;;/q3*-1;;;+3;. The zero-order chi connectivity index (χ0) is 10.2. The maximum Gasteiger partial charge on any atom is 3.00 e. The second-order valence-corrected chi connectivity index (χ2v) is 1.41. The number of hydrogen-bond donors (Lipinski definition) is 6. The molecule has 0 aromatic rings. The molecular weight excluding hydrogens is 489 g/mol. The van der Waals surface area contributed by atoms with Crippen LogP contribution in [0.4, 0.5) is 0 Å². The minimum Gasteiger partial charge on any atom is -0.482 e. The summed E-state index contributed by atoms with van der Waals surface area (Å²) >= 11 is 0. The van der Waals surface area contributed by atoms with Gasteiger partial charge in [0.05, 0.1) is 0 Å². The van der Waals surface area contributed by atoms with Crippen LogP contribution >= 0.6 is 0 Å². The van der Waals surface area contributed by atoms with Crippen LogP contribution < -0.4 is 34.4 Å². The fourth-order valence-electron chi connectivity index (χ4n) is 0. The van der Waals surface area contributed by atoms with Gasteiger partial charge in [0.1, 0.15) is 0 Å². The Morgan fingerprint density at radius 1 is 0.688 bits per heavy atom. The summed E-state index contributed by atoms with van der Waals surface area (Å²) < 4.78 is 0. The van der Waals surface area contributed by atoms with Crippen molar-refractivity contribution >= 4 is 0 Å². The molecule has 12 N–H and O–H groups in total. The summed E-state index contributed by atoms with van der Waals surface area (Å²) in [7, 11) is 0. The average Bonchev–Trinajstić information content (AvgIpc) is 2.18. The van der Waals surface area contributed by atoms with Gasteiger partial charge in [-0.15, -0.1) is 19.6 Å². The van der Waals surface area contributed by atoms with Crippen LogP contribution in [0, 0.1) is 19.6 Å². The zero-order valence-electron chi connectivity index (χ0n) is 9.04. The van der Waals surface area contributed by atoms with Crippen LogP contribution in [-0.2, 0) is 80.0 Å². The molecule has 0 aliphatic carbocycles. The molecule has 0 aromatic heterocycles. The van der Waals surface area contributed by atoms with E-state index < -0.39 is 0 Å². The molecule has 0 bridgehead atoms. The molecule has 0 aliphatic heterocycles. The van der Waals surface area contributed by atoms with Crippen molar-refractivity contribution in [2.45, 2.75) is 0 Å². The fraction of sp³-hybridized carbons (Fsp3) is 0.500. The van der Waals surface area contributed by atoms with E-state index in [4.69, 9.17) is 34.4 Å². The van der Waals surface area contributed by atoms with E-state index in [1.165, 1.54) is 19.6 Å². The predicted octanol–water partition coefficient (Wildman–Crippen LogP) is -2.81. The monoisotopic (exact) mass is 509 g/mol. The Kier molecular flexibility index (Phi) is 178. The van der Waals surface area contributed by atoms with Crippen LogP contribution in [0.1, 0.15) is 0 Å². The molecule has 10 heteroatoms. The summed E-state index contributed by atoms with van der Waals surface area (Å²) in [5.41, 5.74) is 28.9. The first kappa shape index (κ1) is 42.9. The van der Waals surface area contributed by atoms with E-state index in [1.807, 2.05) is 0 Å². The summed E-state index contributed by atoms with van der Waals surface area (Å²) in [5.74, 6) is 0. The van der Waals surface area contributed by atoms with Gasteiger partial charge in [0, 0.05) is 58.9 Å². The van der Waals surface area contributed by atoms with Crippen LogP contribution in [0.3, 0.4) is 0 Å². The quantitative estimate of drug-likeness (QED) is 0.178. The Hall–Kier alpha value is 2.33. The molecule has 0 fully saturated rings. The van der Waals surface area contributed by atoms with Crippen molar-refractivity contribution in [1.29, 1.82) is 0 Å². The summed E-state index contributed by atoms with van der Waals surface area (Å²) in [6.07, 6.45) is 0. The van der Waals surface area contributed by atoms with Gasteiger partial charge in [-0.25, -0.2) is 0 Å². The van der Waals surface area contributed by atoms with E-state index in [2.05, 4.69) is 0 Å². The molecule has 0 aromatic carbocycles. The van der Waals surface area contributed by atoms with Crippen molar-refractivity contribution in [3.8, 4) is 0 Å². The SMILES string of the molecule is N[CH-]CN.N[CH-]CN.N[CH-]CN.[Ag].[Cu].[Mo+3].[Zn]. The summed E-state index contributed by atoms with van der Waals surface area (Å²) in [4.78, 5) is 0. The van der Waals surface area contributed by atoms with Crippen molar-refractivity contribution in [2.24, 2.45) is 34.4 Å². The normalized spacial score (nSPS) is 5.62. The summed E-state index contributed by atoms with van der Waals surface area (Å²) in [5, 5.41) is 0. The van der Waals surface area contributed by atoms with Crippen LogP contribution in [-0.4, -0.2) is 19.6 Å². The first-order valence-electron chi connectivity index (χ1n) is 3.45. The topological polar surface area (TPSA) is 156 Å². The van der Waals surface area contributed by atoms with Gasteiger partial charge in [-0.2, -0.15) is 0 Å². The second-order valence-electron chi connectivity index (χ2n) is 1.41. The molecule has 3 radical (unpaired) electrons. The number of nitrogens with two attached hydrogens (primary N) is 6. The van der Waals surface area contributed by atoms with E-state index >= 15 is 0 Å². The molecule has 0 heterocycles. The van der Waals surface area contributed by atoms with Crippen LogP contribution in [0.5, 0.6) is 0 Å². The van der Waals surface area contributed by atoms with E-state index in [1.54, 1.807) is 0 Å². The Labute approximate surface area is 152 Å². The summed E-state index contributed by atoms with van der Waals surface area (Å²) in [6, 6.07) is 0. The Morgan fingerprint density at radius 3 is 0.750 bits per heavy atom. The zero-order valence-corrected chi connectivity index (χ0v) is 16.4. The minimum atomic E-state index is 0. The molecule has 105 valence electrons. The van der Waals surface area contributed by atoms with Crippen molar-refractivity contribution in [3.05, 3.63) is 19.6 Å². The third kappa shape index (κ3) is 135. The van der Waals surface area contributed by atoms with E-state index in [0.717, 1.165) is 0 Å². The molecule has 0 unspecified atom stereocenters. The van der Waals surface area contributed by atoms with Gasteiger partial charge in [0.15, 0.2) is 0 Å². The molecule has 16 heavy (non-hydrogen) atoms. The van der Waals surface area contributed by atoms with Gasteiger partial charge in [-0.1, -0.05) is 0 Å². The molecule has 0 amide bonds. The van der Waals surface area contributed by atoms with Gasteiger partial charge in [-0.3, -0.25) is 19.6 Å². The maximum absolute atomic E-state index is 4.85. The molecule has 0 saturated heterocycles. The molecule has 6 nitrogen and oxygen atoms in total. The van der Waals surface area contributed by atoms with E-state index in [9.17, 15) is 0 Å². The third-order valence-corrected chi connectivity index (χ3v) is 0.408. The first-order chi connectivity index (χ1) is 5.74. The van der Waals surface area contributed by atoms with Gasteiger partial charge in [0.25, 0.3) is 0 Å². The predicted molar refractivity (Wildman–Crippen MR) is 52.6 cm³/mol. The molecule has 0 aliphatic rings. The van der Waals surface area contributed by atoms with Crippen molar-refractivity contribution in [3.63, 3.8) is 0 Å². The molecule has 0 rings (SSSR count). The number of rotatable bonds is 3. The Morgan fingerprint density at radius 2 is 0.750 bits per heavy atom. The maximum atomic E-state index is 4.85. The van der Waals surface area contributed by atoms with Crippen molar-refractivity contribution < 1.29 is 80.0 Å². The van der Waals surface area contributed by atoms with Gasteiger partial charge >= 0.3 is 21.1 Å². The average molecular weight is 510 g/mol. The van der Waals surface area contributed by atoms with E-state index in [0.29, 0.717) is 19.6 Å². The molecule has 0 spiro atoms. The largest absolute Gasteiger partial charge is 3.00 e. The minimum absolute atomic E-state index is 0. The van der Waals surface area contributed by atoms with Crippen molar-refractivity contribution in [1.82, 2.24) is 0 Å². The van der Waals surface area contributed by atoms with Gasteiger partial charge in [0.2, 0.25) is 0 Å². The smallest absolute Gasteiger partial charge is 0.482 e. The van der Waals surface area contributed by atoms with Crippen LogP contribution in [0.15, 0.2) is 0 Å². The third-order valence-electron chi connectivity index (χ3n) is 0.408. The fourth-order valence-corrected chi connectivity index (χ4v) is 0. The molecular formula is C6H21AgCuMoN6Zn. The Bertz CT molecular complexity index is 48.5. The van der Waals surface area contributed by atoms with E-state index in [-0.39, 0.29) is 80.0 Å². The van der Waals surface area contributed by atoms with Gasteiger partial charge < -0.3 is 34.4 Å². The van der Waals surface area contributed by atoms with Crippen LogP contribution in [0.25, 0.3) is 0 Å². The molecule has 0 saturated carbocycles. The first-order valence-corrected chi connectivity index (χ1v) is 3.45. The summed E-state index contributed by atoms with van der Waals surface area (Å²) in [6.45, 7) is 5.62. The molecule has 0 atom stereocenters. The second kappa shape index (κ2) is 66.6. The Balaban J connectivity index is -0.0000000135. The van der Waals surface area contributed by atoms with Crippen molar-refractivity contribution in [2.75, 3.05) is 19.6 Å². The van der Waals surface area contributed by atoms with Gasteiger partial charge in [-0.05, 0) is 0 Å².